The third-order valence-electron chi connectivity index (χ3n) is 5.99. The maximum absolute atomic E-state index is 13.0. The zero-order chi connectivity index (χ0) is 22.7. The Morgan fingerprint density at radius 1 is 1.22 bits per heavy atom. The van der Waals surface area contributed by atoms with Crippen molar-refractivity contribution < 1.29 is 9.53 Å². The number of aromatic nitrogens is 4. The van der Waals surface area contributed by atoms with Crippen molar-refractivity contribution in [1.29, 1.82) is 0 Å². The molecule has 3 aromatic rings. The Hall–Kier alpha value is -2.80. The molecule has 0 bridgehead atoms. The van der Waals surface area contributed by atoms with Gasteiger partial charge < -0.3 is 13.9 Å². The number of ether oxygens (including phenoxy) is 1. The van der Waals surface area contributed by atoms with E-state index in [1.54, 1.807) is 7.11 Å². The SMILES string of the molecule is C=CCn1c(SCC(=O)c2cc(C)n(CCc3ccc(OC)cc3)c2C)nnc1C1CC1. The Morgan fingerprint density at radius 2 is 1.97 bits per heavy atom. The molecule has 0 atom stereocenters. The number of benzene rings is 1. The first-order valence-electron chi connectivity index (χ1n) is 11.0. The number of ketones is 1. The number of Topliss-reactive ketones (excluding diaryl/α,β-unsaturated/α-hetero) is 1. The number of carbonyl (C=O) groups is 1. The maximum atomic E-state index is 13.0. The molecule has 168 valence electrons. The predicted molar refractivity (Wildman–Crippen MR) is 128 cm³/mol. The van der Waals surface area contributed by atoms with E-state index in [1.165, 1.54) is 30.2 Å². The van der Waals surface area contributed by atoms with Crippen molar-refractivity contribution in [2.75, 3.05) is 12.9 Å². The minimum absolute atomic E-state index is 0.125. The van der Waals surface area contributed by atoms with Gasteiger partial charge in [0.2, 0.25) is 0 Å². The van der Waals surface area contributed by atoms with Gasteiger partial charge in [0.15, 0.2) is 10.9 Å². The molecular formula is C25H30N4O2S. The van der Waals surface area contributed by atoms with E-state index in [0.29, 0.717) is 18.2 Å². The average molecular weight is 451 g/mol. The fraction of sp³-hybridized carbons (Fsp3) is 0.400. The Morgan fingerprint density at radius 3 is 2.62 bits per heavy atom. The fourth-order valence-electron chi connectivity index (χ4n) is 4.02. The second kappa shape index (κ2) is 9.77. The van der Waals surface area contributed by atoms with Crippen LogP contribution in [0.1, 0.15) is 51.9 Å². The standard InChI is InChI=1S/C25H30N4O2S/c1-5-13-29-24(20-8-9-20)26-27-25(29)32-16-23(30)22-15-17(2)28(18(22)3)14-12-19-6-10-21(31-4)11-7-19/h5-7,10-11,15,20H,1,8-9,12-14,16H2,2-4H3. The zero-order valence-corrected chi connectivity index (χ0v) is 19.8. The van der Waals surface area contributed by atoms with Gasteiger partial charge in [0.05, 0.1) is 12.9 Å². The van der Waals surface area contributed by atoms with Crippen LogP contribution in [0.5, 0.6) is 5.75 Å². The molecule has 4 rings (SSSR count). The van der Waals surface area contributed by atoms with Crippen molar-refractivity contribution in [3.63, 3.8) is 0 Å². The molecule has 6 nitrogen and oxygen atoms in total. The lowest BCUT2D eigenvalue weighted by atomic mass is 10.1. The summed E-state index contributed by atoms with van der Waals surface area (Å²) in [5.41, 5.74) is 4.17. The highest BCUT2D eigenvalue weighted by Crippen LogP contribution is 2.40. The van der Waals surface area contributed by atoms with E-state index in [4.69, 9.17) is 4.74 Å². The number of nitrogens with zero attached hydrogens (tertiary/aromatic N) is 4. The van der Waals surface area contributed by atoms with Gasteiger partial charge >= 0.3 is 0 Å². The molecule has 0 aliphatic heterocycles. The summed E-state index contributed by atoms with van der Waals surface area (Å²) >= 11 is 1.46. The van der Waals surface area contributed by atoms with E-state index in [1.807, 2.05) is 31.2 Å². The number of hydrogen-bond acceptors (Lipinski definition) is 5. The molecular weight excluding hydrogens is 420 g/mol. The van der Waals surface area contributed by atoms with Crippen LogP contribution in [0.25, 0.3) is 0 Å². The van der Waals surface area contributed by atoms with Gasteiger partial charge in [-0.15, -0.1) is 16.8 Å². The first-order chi connectivity index (χ1) is 15.5. The Balaban J connectivity index is 1.41. The lowest BCUT2D eigenvalue weighted by Gasteiger charge is -2.10. The van der Waals surface area contributed by atoms with Crippen molar-refractivity contribution in [2.45, 2.75) is 57.3 Å². The van der Waals surface area contributed by atoms with E-state index in [-0.39, 0.29) is 5.78 Å². The van der Waals surface area contributed by atoms with E-state index < -0.39 is 0 Å². The zero-order valence-electron chi connectivity index (χ0n) is 19.0. The number of rotatable bonds is 11. The van der Waals surface area contributed by atoms with Crippen LogP contribution >= 0.6 is 11.8 Å². The van der Waals surface area contributed by atoms with Crippen LogP contribution in [0, 0.1) is 13.8 Å². The van der Waals surface area contributed by atoms with Gasteiger partial charge in [0, 0.05) is 36.0 Å². The Bertz CT molecular complexity index is 1110. The van der Waals surface area contributed by atoms with Gasteiger partial charge in [0.1, 0.15) is 11.6 Å². The van der Waals surface area contributed by atoms with Crippen LogP contribution in [0.4, 0.5) is 0 Å². The molecule has 2 heterocycles. The van der Waals surface area contributed by atoms with E-state index in [9.17, 15) is 4.79 Å². The quantitative estimate of drug-likeness (QED) is 0.234. The first-order valence-corrected chi connectivity index (χ1v) is 12.0. The maximum Gasteiger partial charge on any atom is 0.191 e. The molecule has 0 spiro atoms. The first kappa shape index (κ1) is 22.4. The molecule has 0 saturated heterocycles. The van der Waals surface area contributed by atoms with E-state index >= 15 is 0 Å². The average Bonchev–Trinajstić information content (AvgIpc) is 3.51. The van der Waals surface area contributed by atoms with E-state index in [0.717, 1.165) is 46.6 Å². The van der Waals surface area contributed by atoms with Crippen molar-refractivity contribution in [1.82, 2.24) is 19.3 Å². The summed E-state index contributed by atoms with van der Waals surface area (Å²) in [5.74, 6) is 2.87. The summed E-state index contributed by atoms with van der Waals surface area (Å²) in [4.78, 5) is 13.0. The molecule has 0 N–H and O–H groups in total. The topological polar surface area (TPSA) is 61.9 Å². The monoisotopic (exact) mass is 450 g/mol. The van der Waals surface area contributed by atoms with Crippen LogP contribution < -0.4 is 4.74 Å². The summed E-state index contributed by atoms with van der Waals surface area (Å²) in [6.07, 6.45) is 5.09. The normalized spacial score (nSPS) is 13.3. The van der Waals surface area contributed by atoms with Gasteiger partial charge in [-0.05, 0) is 56.9 Å². The highest BCUT2D eigenvalue weighted by molar-refractivity contribution is 7.99. The van der Waals surface area contributed by atoms with E-state index in [2.05, 4.69) is 45.0 Å². The van der Waals surface area contributed by atoms with Crippen LogP contribution in [-0.2, 0) is 19.5 Å². The van der Waals surface area contributed by atoms with Gasteiger partial charge in [0.25, 0.3) is 0 Å². The predicted octanol–water partition coefficient (Wildman–Crippen LogP) is 4.99. The highest BCUT2D eigenvalue weighted by Gasteiger charge is 2.30. The molecule has 1 aliphatic carbocycles. The highest BCUT2D eigenvalue weighted by atomic mass is 32.2. The van der Waals surface area contributed by atoms with Crippen LogP contribution in [0.15, 0.2) is 48.1 Å². The Kier molecular flexibility index (Phi) is 6.84. The van der Waals surface area contributed by atoms with Crippen molar-refractivity contribution >= 4 is 17.5 Å². The second-order valence-corrected chi connectivity index (χ2v) is 9.20. The number of methoxy groups -OCH3 is 1. The summed E-state index contributed by atoms with van der Waals surface area (Å²) in [7, 11) is 1.67. The van der Waals surface area contributed by atoms with Crippen LogP contribution in [0.2, 0.25) is 0 Å². The second-order valence-electron chi connectivity index (χ2n) is 8.26. The number of aryl methyl sites for hydroxylation is 2. The lowest BCUT2D eigenvalue weighted by molar-refractivity contribution is 0.102. The van der Waals surface area contributed by atoms with Gasteiger partial charge in [-0.2, -0.15) is 0 Å². The molecule has 32 heavy (non-hydrogen) atoms. The van der Waals surface area contributed by atoms with Crippen molar-refractivity contribution in [3.8, 4) is 5.75 Å². The molecule has 2 aromatic heterocycles. The molecule has 0 unspecified atom stereocenters. The Labute approximate surface area is 193 Å². The molecule has 0 radical (unpaired) electrons. The fourth-order valence-corrected chi connectivity index (χ4v) is 4.86. The van der Waals surface area contributed by atoms with Crippen molar-refractivity contribution in [2.24, 2.45) is 0 Å². The minimum atomic E-state index is 0.125. The number of hydrogen-bond donors (Lipinski definition) is 0. The van der Waals surface area contributed by atoms with Crippen LogP contribution in [0.3, 0.4) is 0 Å². The molecule has 7 heteroatoms. The summed E-state index contributed by atoms with van der Waals surface area (Å²) in [5, 5.41) is 9.51. The summed E-state index contributed by atoms with van der Waals surface area (Å²) in [6, 6.07) is 10.2. The lowest BCUT2D eigenvalue weighted by Crippen LogP contribution is -2.09. The van der Waals surface area contributed by atoms with Crippen LogP contribution in [-0.4, -0.2) is 38.0 Å². The molecule has 1 fully saturated rings. The third-order valence-corrected chi connectivity index (χ3v) is 6.96. The smallest absolute Gasteiger partial charge is 0.191 e. The van der Waals surface area contributed by atoms with Crippen molar-refractivity contribution in [3.05, 3.63) is 71.3 Å². The molecule has 0 amide bonds. The third kappa shape index (κ3) is 4.83. The molecule has 1 aliphatic rings. The van der Waals surface area contributed by atoms with Gasteiger partial charge in [-0.1, -0.05) is 30.0 Å². The number of thioether (sulfide) groups is 1. The molecule has 1 aromatic carbocycles. The molecule has 1 saturated carbocycles. The largest absolute Gasteiger partial charge is 0.497 e. The minimum Gasteiger partial charge on any atom is -0.497 e. The van der Waals surface area contributed by atoms with Gasteiger partial charge in [-0.25, -0.2) is 0 Å². The summed E-state index contributed by atoms with van der Waals surface area (Å²) in [6.45, 7) is 9.46. The summed E-state index contributed by atoms with van der Waals surface area (Å²) < 4.78 is 9.56. The number of allylic oxidation sites excluding steroid dienone is 1. The number of carbonyl (C=O) groups excluding carboxylic acids is 1. The van der Waals surface area contributed by atoms with Gasteiger partial charge in [-0.3, -0.25) is 4.79 Å².